The summed E-state index contributed by atoms with van der Waals surface area (Å²) in [5, 5.41) is 5.06. The van der Waals surface area contributed by atoms with Gasteiger partial charge in [-0.25, -0.2) is 23.0 Å². The number of aromatic nitrogens is 2. The number of halogens is 6. The van der Waals surface area contributed by atoms with E-state index in [9.17, 15) is 39.6 Å². The van der Waals surface area contributed by atoms with E-state index in [2.05, 4.69) is 32.2 Å². The largest absolute Gasteiger partial charge is 0.534 e. The van der Waals surface area contributed by atoms with Crippen molar-refractivity contribution in [3.05, 3.63) is 82.8 Å². The van der Waals surface area contributed by atoms with Crippen molar-refractivity contribution in [1.82, 2.24) is 14.7 Å². The van der Waals surface area contributed by atoms with E-state index in [0.717, 1.165) is 5.38 Å². The number of fused-ring (bicyclic) bond motifs is 1. The average molecular weight is 729 g/mol. The van der Waals surface area contributed by atoms with E-state index in [1.807, 2.05) is 0 Å². The number of hydrogen-bond acceptors (Lipinski definition) is 10. The highest BCUT2D eigenvalue weighted by Gasteiger charge is 2.49. The van der Waals surface area contributed by atoms with Crippen molar-refractivity contribution < 1.29 is 57.9 Å². The highest BCUT2D eigenvalue weighted by atomic mass is 32.2. The van der Waals surface area contributed by atoms with E-state index in [4.69, 9.17) is 9.47 Å². The number of carbonyl (C=O) groups is 1. The highest BCUT2D eigenvalue weighted by Crippen LogP contribution is 2.33. The smallest absolute Gasteiger partial charge is 0.499 e. The summed E-state index contributed by atoms with van der Waals surface area (Å²) in [4.78, 5) is 17.1. The summed E-state index contributed by atoms with van der Waals surface area (Å²) in [6, 6.07) is 1.49. The molecule has 2 aromatic heterocycles. The molecule has 0 N–H and O–H groups in total. The van der Waals surface area contributed by atoms with Gasteiger partial charge in [-0.05, 0) is 38.5 Å². The third-order valence-electron chi connectivity index (χ3n) is 5.68. The molecule has 0 radical (unpaired) electrons. The lowest BCUT2D eigenvalue weighted by molar-refractivity contribution is -0.0504. The maximum atomic E-state index is 14.6. The molecule has 0 saturated heterocycles. The standard InChI is InChI=1S/C24H24F6N4O5S2.C5H10O2/c1-14(9-15(26)5-6-25)19-18(27)13-40-20(19)21(39-41(36,37)24(28,29)30)31-11-16-10-17-12-33(7-8-34(17)32-16)22(35)38-23(2,3)4;1-3-7-5-4-6-2/h5-6,9-10,13H,1,7-8,11-12H2,2-4H3;3H,1,4-5H2,2H3/b6-5+,15-9?,31-21?;. The average Bonchev–Trinajstić information content (AvgIpc) is 3.57. The first-order valence-electron chi connectivity index (χ1n) is 13.7. The lowest BCUT2D eigenvalue weighted by Gasteiger charge is -2.30. The summed E-state index contributed by atoms with van der Waals surface area (Å²) in [6.45, 7) is 13.2. The summed E-state index contributed by atoms with van der Waals surface area (Å²) < 4.78 is 124. The maximum absolute atomic E-state index is 14.6. The molecule has 19 heteroatoms. The molecule has 266 valence electrons. The first-order valence-corrected chi connectivity index (χ1v) is 16.0. The SMILES string of the molecule is C=C(C=C(F)/C=C/F)c1c(F)csc1C(=NCc1cc2n(n1)CCN(C(=O)OC(C)(C)C)C2)OS(=O)(=O)C(F)(F)F.C=COCCOC. The Hall–Kier alpha value is -4.10. The zero-order valence-corrected chi connectivity index (χ0v) is 28.0. The Morgan fingerprint density at radius 1 is 1.21 bits per heavy atom. The summed E-state index contributed by atoms with van der Waals surface area (Å²) in [7, 11) is -4.63. The molecule has 0 fully saturated rings. The highest BCUT2D eigenvalue weighted by molar-refractivity contribution is 7.88. The lowest BCUT2D eigenvalue weighted by Crippen LogP contribution is -2.41. The normalized spacial score (nSPS) is 14.2. The van der Waals surface area contributed by atoms with Gasteiger partial charge in [0, 0.05) is 30.7 Å². The Morgan fingerprint density at radius 3 is 2.48 bits per heavy atom. The van der Waals surface area contributed by atoms with Crippen molar-refractivity contribution in [2.75, 3.05) is 26.9 Å². The molecule has 0 aromatic carbocycles. The predicted octanol–water partition coefficient (Wildman–Crippen LogP) is 6.79. The molecule has 1 amide bonds. The molecule has 1 aliphatic heterocycles. The molecule has 0 aliphatic carbocycles. The van der Waals surface area contributed by atoms with Crippen LogP contribution in [0.3, 0.4) is 0 Å². The van der Waals surface area contributed by atoms with Gasteiger partial charge in [0.25, 0.3) is 0 Å². The van der Waals surface area contributed by atoms with Crippen LogP contribution < -0.4 is 0 Å². The van der Waals surface area contributed by atoms with Gasteiger partial charge in [-0.3, -0.25) is 4.68 Å². The van der Waals surface area contributed by atoms with Gasteiger partial charge in [0.2, 0.25) is 5.90 Å². The number of ether oxygens (including phenoxy) is 3. The summed E-state index contributed by atoms with van der Waals surface area (Å²) in [6.07, 6.45) is 1.66. The predicted molar refractivity (Wildman–Crippen MR) is 166 cm³/mol. The summed E-state index contributed by atoms with van der Waals surface area (Å²) >= 11 is 0.424. The fourth-order valence-corrected chi connectivity index (χ4v) is 5.06. The van der Waals surface area contributed by atoms with E-state index in [1.54, 1.807) is 27.9 Å². The Morgan fingerprint density at radius 2 is 1.90 bits per heavy atom. The van der Waals surface area contributed by atoms with E-state index in [0.29, 0.717) is 42.4 Å². The molecule has 0 atom stereocenters. The number of methoxy groups -OCH3 is 1. The van der Waals surface area contributed by atoms with Crippen LogP contribution in [0.15, 0.2) is 60.2 Å². The molecule has 48 heavy (non-hydrogen) atoms. The van der Waals surface area contributed by atoms with Crippen LogP contribution in [0, 0.1) is 5.82 Å². The van der Waals surface area contributed by atoms with Gasteiger partial charge in [0.05, 0.1) is 50.2 Å². The number of nitrogens with zero attached hydrogens (tertiary/aromatic N) is 4. The van der Waals surface area contributed by atoms with E-state index in [1.165, 1.54) is 21.9 Å². The molecular formula is C29H34F6N4O7S2. The van der Waals surface area contributed by atoms with E-state index < -0.39 is 67.4 Å². The zero-order chi connectivity index (χ0) is 36.3. The molecule has 1 aliphatic rings. The number of aliphatic imine (C=N–C) groups is 1. The second-order valence-electron chi connectivity index (χ2n) is 10.5. The molecule has 11 nitrogen and oxygen atoms in total. The summed E-state index contributed by atoms with van der Waals surface area (Å²) in [5.74, 6) is -3.45. The van der Waals surface area contributed by atoms with Crippen molar-refractivity contribution in [2.45, 2.75) is 51.5 Å². The fraction of sp³-hybridized carbons (Fsp3) is 0.414. The van der Waals surface area contributed by atoms with Gasteiger partial charge in [-0.1, -0.05) is 13.2 Å². The van der Waals surface area contributed by atoms with Crippen LogP contribution in [0.25, 0.3) is 5.57 Å². The van der Waals surface area contributed by atoms with Crippen LogP contribution in [0.4, 0.5) is 31.1 Å². The fourth-order valence-electron chi connectivity index (χ4n) is 3.68. The number of hydrogen-bond donors (Lipinski definition) is 0. The Kier molecular flexibility index (Phi) is 14.5. The number of rotatable bonds is 11. The van der Waals surface area contributed by atoms with Crippen molar-refractivity contribution in [3.8, 4) is 0 Å². The Balaban J connectivity index is 0.00000103. The minimum atomic E-state index is -6.26. The monoisotopic (exact) mass is 728 g/mol. The van der Waals surface area contributed by atoms with Crippen LogP contribution in [-0.2, 0) is 48.1 Å². The third kappa shape index (κ3) is 11.9. The number of alkyl halides is 3. The number of amides is 1. The van der Waals surface area contributed by atoms with Gasteiger partial charge >= 0.3 is 21.7 Å². The number of allylic oxidation sites excluding steroid dienone is 4. The molecule has 3 rings (SSSR count). The topological polar surface area (TPSA) is 122 Å². The van der Waals surface area contributed by atoms with Gasteiger partial charge < -0.3 is 23.3 Å². The molecule has 0 saturated carbocycles. The Bertz CT molecular complexity index is 1640. The minimum absolute atomic E-state index is 0.1000. The molecule has 0 spiro atoms. The van der Waals surface area contributed by atoms with Crippen molar-refractivity contribution in [3.63, 3.8) is 0 Å². The molecule has 0 unspecified atom stereocenters. The van der Waals surface area contributed by atoms with Crippen molar-refractivity contribution in [2.24, 2.45) is 4.99 Å². The quantitative estimate of drug-likeness (QED) is 0.0363. The van der Waals surface area contributed by atoms with E-state index in [-0.39, 0.29) is 31.7 Å². The molecule has 0 bridgehead atoms. The van der Waals surface area contributed by atoms with Gasteiger partial charge in [0.1, 0.15) is 28.7 Å². The van der Waals surface area contributed by atoms with Crippen LogP contribution in [0.2, 0.25) is 0 Å². The molecular weight excluding hydrogens is 694 g/mol. The number of thiophene rings is 1. The van der Waals surface area contributed by atoms with Crippen molar-refractivity contribution in [1.29, 1.82) is 0 Å². The Labute approximate surface area is 277 Å². The van der Waals surface area contributed by atoms with Crippen LogP contribution in [0.1, 0.15) is 42.6 Å². The third-order valence-corrected chi connectivity index (χ3v) is 7.56. The minimum Gasteiger partial charge on any atom is -0.499 e. The van der Waals surface area contributed by atoms with E-state index >= 15 is 0 Å². The second kappa shape index (κ2) is 17.3. The number of carbonyl (C=O) groups excluding carboxylic acids is 1. The van der Waals surface area contributed by atoms with Crippen molar-refractivity contribution >= 4 is 39.0 Å². The molecule has 2 aromatic rings. The molecule has 3 heterocycles. The van der Waals surface area contributed by atoms with Gasteiger partial charge in [-0.2, -0.15) is 26.7 Å². The zero-order valence-electron chi connectivity index (χ0n) is 26.4. The summed E-state index contributed by atoms with van der Waals surface area (Å²) in [5.41, 5.74) is -6.94. The van der Waals surface area contributed by atoms with Crippen LogP contribution in [-0.4, -0.2) is 73.1 Å². The van der Waals surface area contributed by atoms with Crippen LogP contribution in [0.5, 0.6) is 0 Å². The van der Waals surface area contributed by atoms with Gasteiger partial charge in [0.15, 0.2) is 0 Å². The first-order chi connectivity index (χ1) is 22.3. The van der Waals surface area contributed by atoms with Gasteiger partial charge in [-0.15, -0.1) is 11.3 Å². The maximum Gasteiger partial charge on any atom is 0.534 e. The lowest BCUT2D eigenvalue weighted by atomic mass is 10.1. The first kappa shape index (κ1) is 40.1. The second-order valence-corrected chi connectivity index (χ2v) is 12.9. The van der Waals surface area contributed by atoms with Crippen LogP contribution >= 0.6 is 11.3 Å².